The topological polar surface area (TPSA) is 52.6 Å². The summed E-state index contributed by atoms with van der Waals surface area (Å²) in [5.41, 5.74) is 0. The second kappa shape index (κ2) is 12.9. The highest BCUT2D eigenvalue weighted by molar-refractivity contribution is 14.0. The molecule has 1 aliphatic rings. The predicted molar refractivity (Wildman–Crippen MR) is 119 cm³/mol. The molecular weight excluding hydrogens is 445 g/mol. The van der Waals surface area contributed by atoms with Gasteiger partial charge in [-0.1, -0.05) is 13.8 Å². The van der Waals surface area contributed by atoms with Gasteiger partial charge in [-0.05, 0) is 51.2 Å². The maximum Gasteiger partial charge on any atom is 0.190 e. The molecule has 0 aliphatic carbocycles. The van der Waals surface area contributed by atoms with Crippen LogP contribution in [0, 0.1) is 5.92 Å². The minimum atomic E-state index is 0. The lowest BCUT2D eigenvalue weighted by Crippen LogP contribution is -2.40. The number of nitrogens with one attached hydrogen (secondary N) is 2. The monoisotopic (exact) mass is 479 g/mol. The number of likely N-dealkylation sites (tertiary alicyclic amines) is 1. The number of guanidine groups is 1. The molecule has 5 nitrogen and oxygen atoms in total. The lowest BCUT2D eigenvalue weighted by atomic mass is 9.99. The van der Waals surface area contributed by atoms with E-state index in [0.29, 0.717) is 0 Å². The number of hydrogen-bond acceptors (Lipinski definition) is 4. The standard InChI is InChI=1S/C18H33N5S.HI/c1-4-16-14-22-17(24-16)6-10-21-18(19-3)20-9-5-11-23-12-7-15(2)8-13-23;/h14-15H,4-13H2,1-3H3,(H2,19,20,21);1H. The number of thiazole rings is 1. The molecule has 1 aromatic rings. The molecule has 1 saturated heterocycles. The molecule has 2 heterocycles. The van der Waals surface area contributed by atoms with Crippen LogP contribution in [0.15, 0.2) is 11.2 Å². The number of rotatable bonds is 8. The number of nitrogens with zero attached hydrogens (tertiary/aromatic N) is 3. The number of aromatic nitrogens is 1. The Kier molecular flexibility index (Phi) is 11.6. The molecule has 0 bridgehead atoms. The largest absolute Gasteiger partial charge is 0.356 e. The molecule has 0 amide bonds. The summed E-state index contributed by atoms with van der Waals surface area (Å²) in [6.07, 6.45) is 7.90. The molecule has 0 spiro atoms. The third kappa shape index (κ3) is 8.68. The third-order valence-corrected chi connectivity index (χ3v) is 5.83. The van der Waals surface area contributed by atoms with Crippen LogP contribution in [-0.2, 0) is 12.8 Å². The zero-order valence-electron chi connectivity index (χ0n) is 15.9. The van der Waals surface area contributed by atoms with Crippen LogP contribution in [0.2, 0.25) is 0 Å². The van der Waals surface area contributed by atoms with Gasteiger partial charge in [-0.2, -0.15) is 0 Å². The van der Waals surface area contributed by atoms with Gasteiger partial charge < -0.3 is 15.5 Å². The molecule has 0 unspecified atom stereocenters. The zero-order chi connectivity index (χ0) is 17.2. The van der Waals surface area contributed by atoms with Crippen LogP contribution in [0.1, 0.15) is 43.0 Å². The quantitative estimate of drug-likeness (QED) is 0.260. The fourth-order valence-corrected chi connectivity index (χ4v) is 3.79. The van der Waals surface area contributed by atoms with Crippen molar-refractivity contribution in [2.24, 2.45) is 10.9 Å². The van der Waals surface area contributed by atoms with Gasteiger partial charge in [-0.15, -0.1) is 35.3 Å². The summed E-state index contributed by atoms with van der Waals surface area (Å²) in [5, 5.41) is 8.00. The van der Waals surface area contributed by atoms with Gasteiger partial charge in [0, 0.05) is 37.6 Å². The van der Waals surface area contributed by atoms with Crippen molar-refractivity contribution in [2.75, 3.05) is 39.8 Å². The third-order valence-electron chi connectivity index (χ3n) is 4.62. The first-order valence-corrected chi connectivity index (χ1v) is 10.1. The Morgan fingerprint density at radius 2 is 2.04 bits per heavy atom. The summed E-state index contributed by atoms with van der Waals surface area (Å²) in [6, 6.07) is 0. The maximum atomic E-state index is 4.45. The van der Waals surface area contributed by atoms with E-state index in [0.717, 1.165) is 37.8 Å². The number of aliphatic imine (C=N–C) groups is 1. The highest BCUT2D eigenvalue weighted by Gasteiger charge is 2.14. The Bertz CT molecular complexity index is 497. The molecule has 0 radical (unpaired) electrons. The van der Waals surface area contributed by atoms with Gasteiger partial charge in [0.05, 0.1) is 5.01 Å². The molecule has 0 atom stereocenters. The second-order valence-electron chi connectivity index (χ2n) is 6.63. The molecule has 1 aromatic heterocycles. The normalized spacial score (nSPS) is 16.5. The van der Waals surface area contributed by atoms with E-state index >= 15 is 0 Å². The van der Waals surface area contributed by atoms with E-state index in [1.807, 2.05) is 24.6 Å². The van der Waals surface area contributed by atoms with Crippen molar-refractivity contribution in [1.82, 2.24) is 20.5 Å². The van der Waals surface area contributed by atoms with Crippen molar-refractivity contribution in [3.63, 3.8) is 0 Å². The Balaban J connectivity index is 0.00000312. The van der Waals surface area contributed by atoms with Crippen LogP contribution in [-0.4, -0.2) is 55.6 Å². The van der Waals surface area contributed by atoms with E-state index in [2.05, 4.69) is 39.4 Å². The van der Waals surface area contributed by atoms with Crippen LogP contribution in [0.5, 0.6) is 0 Å². The Morgan fingerprint density at radius 1 is 1.32 bits per heavy atom. The van der Waals surface area contributed by atoms with Crippen LogP contribution < -0.4 is 10.6 Å². The van der Waals surface area contributed by atoms with E-state index < -0.39 is 0 Å². The number of aryl methyl sites for hydroxylation is 1. The molecule has 2 N–H and O–H groups in total. The molecule has 144 valence electrons. The smallest absolute Gasteiger partial charge is 0.190 e. The lowest BCUT2D eigenvalue weighted by Gasteiger charge is -2.30. The van der Waals surface area contributed by atoms with Crippen molar-refractivity contribution in [3.05, 3.63) is 16.1 Å². The van der Waals surface area contributed by atoms with Gasteiger partial charge >= 0.3 is 0 Å². The highest BCUT2D eigenvalue weighted by Crippen LogP contribution is 2.15. The minimum absolute atomic E-state index is 0. The van der Waals surface area contributed by atoms with Gasteiger partial charge in [0.25, 0.3) is 0 Å². The SMILES string of the molecule is CCc1cnc(CCNC(=NC)NCCCN2CCC(C)CC2)s1.I. The van der Waals surface area contributed by atoms with Gasteiger partial charge in [0.15, 0.2) is 5.96 Å². The summed E-state index contributed by atoms with van der Waals surface area (Å²) in [4.78, 5) is 12.7. The molecule has 25 heavy (non-hydrogen) atoms. The number of halogens is 1. The molecule has 1 aliphatic heterocycles. The van der Waals surface area contributed by atoms with Gasteiger partial charge in [0.2, 0.25) is 0 Å². The molecule has 2 rings (SSSR count). The highest BCUT2D eigenvalue weighted by atomic mass is 127. The van der Waals surface area contributed by atoms with Crippen LogP contribution in [0.25, 0.3) is 0 Å². The fourth-order valence-electron chi connectivity index (χ4n) is 2.93. The number of hydrogen-bond donors (Lipinski definition) is 2. The van der Waals surface area contributed by atoms with Crippen molar-refractivity contribution >= 4 is 41.3 Å². The summed E-state index contributed by atoms with van der Waals surface area (Å²) >= 11 is 1.81. The van der Waals surface area contributed by atoms with Crippen molar-refractivity contribution < 1.29 is 0 Å². The fraction of sp³-hybridized carbons (Fsp3) is 0.778. The Hall–Kier alpha value is -0.410. The summed E-state index contributed by atoms with van der Waals surface area (Å²) in [5.74, 6) is 1.81. The van der Waals surface area contributed by atoms with E-state index in [-0.39, 0.29) is 24.0 Å². The average molecular weight is 479 g/mol. The van der Waals surface area contributed by atoms with Gasteiger partial charge in [-0.3, -0.25) is 4.99 Å². The second-order valence-corrected chi connectivity index (χ2v) is 7.83. The molecule has 0 saturated carbocycles. The van der Waals surface area contributed by atoms with Gasteiger partial charge in [-0.25, -0.2) is 4.98 Å². The molecule has 1 fully saturated rings. The summed E-state index contributed by atoms with van der Waals surface area (Å²) < 4.78 is 0. The average Bonchev–Trinajstić information content (AvgIpc) is 3.06. The van der Waals surface area contributed by atoms with Crippen LogP contribution in [0.4, 0.5) is 0 Å². The van der Waals surface area contributed by atoms with Gasteiger partial charge in [0.1, 0.15) is 0 Å². The molecular formula is C18H34IN5S. The van der Waals surface area contributed by atoms with E-state index in [1.165, 1.54) is 48.8 Å². The number of piperidine rings is 1. The first-order chi connectivity index (χ1) is 11.7. The van der Waals surface area contributed by atoms with E-state index in [1.54, 1.807) is 0 Å². The first kappa shape index (κ1) is 22.6. The van der Waals surface area contributed by atoms with Crippen molar-refractivity contribution in [3.8, 4) is 0 Å². The Morgan fingerprint density at radius 3 is 2.68 bits per heavy atom. The molecule has 0 aromatic carbocycles. The van der Waals surface area contributed by atoms with Crippen LogP contribution in [0.3, 0.4) is 0 Å². The van der Waals surface area contributed by atoms with E-state index in [4.69, 9.17) is 0 Å². The van der Waals surface area contributed by atoms with E-state index in [9.17, 15) is 0 Å². The summed E-state index contributed by atoms with van der Waals surface area (Å²) in [6.45, 7) is 10.1. The lowest BCUT2D eigenvalue weighted by molar-refractivity contribution is 0.191. The summed E-state index contributed by atoms with van der Waals surface area (Å²) in [7, 11) is 1.83. The van der Waals surface area contributed by atoms with Crippen LogP contribution >= 0.6 is 35.3 Å². The van der Waals surface area contributed by atoms with Crippen molar-refractivity contribution in [1.29, 1.82) is 0 Å². The zero-order valence-corrected chi connectivity index (χ0v) is 19.0. The minimum Gasteiger partial charge on any atom is -0.356 e. The Labute approximate surface area is 174 Å². The predicted octanol–water partition coefficient (Wildman–Crippen LogP) is 3.15. The molecule has 7 heteroatoms. The van der Waals surface area contributed by atoms with Crippen molar-refractivity contribution in [2.45, 2.75) is 46.0 Å². The first-order valence-electron chi connectivity index (χ1n) is 9.31. The maximum absolute atomic E-state index is 4.45.